The van der Waals surface area contributed by atoms with E-state index in [1.165, 1.54) is 22.9 Å². The average Bonchev–Trinajstić information content (AvgIpc) is 3.05. The standard InChI is InChI=1S/C20H23N5OS/c1-12-6-8-17(14(3)10-12)21-19(26)16(5)27-20-22-23-24-25(20)18-9-7-13(2)11-15(18)4/h6-11,16H,1-5H3,(H,21,26)/t16-/m0/s1. The van der Waals surface area contributed by atoms with E-state index in [0.717, 1.165) is 22.5 Å². The van der Waals surface area contributed by atoms with Crippen molar-refractivity contribution in [2.75, 3.05) is 5.32 Å². The highest BCUT2D eigenvalue weighted by Gasteiger charge is 2.20. The van der Waals surface area contributed by atoms with Crippen molar-refractivity contribution in [1.82, 2.24) is 20.2 Å². The van der Waals surface area contributed by atoms with Crippen LogP contribution in [0.3, 0.4) is 0 Å². The highest BCUT2D eigenvalue weighted by atomic mass is 32.2. The molecular formula is C20H23N5OS. The molecule has 6 nitrogen and oxygen atoms in total. The van der Waals surface area contributed by atoms with Crippen LogP contribution in [0.15, 0.2) is 41.6 Å². The molecule has 2 aromatic carbocycles. The first kappa shape index (κ1) is 19.1. The lowest BCUT2D eigenvalue weighted by molar-refractivity contribution is -0.115. The predicted molar refractivity (Wildman–Crippen MR) is 108 cm³/mol. The van der Waals surface area contributed by atoms with Gasteiger partial charge in [0, 0.05) is 5.69 Å². The van der Waals surface area contributed by atoms with Gasteiger partial charge in [0.25, 0.3) is 0 Å². The van der Waals surface area contributed by atoms with Crippen LogP contribution >= 0.6 is 11.8 Å². The maximum atomic E-state index is 12.6. The van der Waals surface area contributed by atoms with Crippen molar-refractivity contribution >= 4 is 23.4 Å². The quantitative estimate of drug-likeness (QED) is 0.676. The number of aryl methyl sites for hydroxylation is 4. The third-order valence-corrected chi connectivity index (χ3v) is 5.35. The molecule has 3 rings (SSSR count). The summed E-state index contributed by atoms with van der Waals surface area (Å²) in [6.07, 6.45) is 0. The number of thioether (sulfide) groups is 1. The van der Waals surface area contributed by atoms with Crippen molar-refractivity contribution in [2.45, 2.75) is 45.0 Å². The smallest absolute Gasteiger partial charge is 0.237 e. The molecule has 27 heavy (non-hydrogen) atoms. The van der Waals surface area contributed by atoms with E-state index in [1.807, 2.05) is 65.0 Å². The van der Waals surface area contributed by atoms with E-state index in [9.17, 15) is 4.79 Å². The van der Waals surface area contributed by atoms with Gasteiger partial charge in [-0.05, 0) is 68.3 Å². The number of nitrogens with one attached hydrogen (secondary N) is 1. The van der Waals surface area contributed by atoms with Crippen LogP contribution in [0.1, 0.15) is 29.2 Å². The summed E-state index contributed by atoms with van der Waals surface area (Å²) in [6.45, 7) is 9.94. The topological polar surface area (TPSA) is 72.7 Å². The van der Waals surface area contributed by atoms with Gasteiger partial charge in [0.2, 0.25) is 11.1 Å². The fourth-order valence-electron chi connectivity index (χ4n) is 2.85. The van der Waals surface area contributed by atoms with Gasteiger partial charge in [0.1, 0.15) is 0 Å². The summed E-state index contributed by atoms with van der Waals surface area (Å²) in [6, 6.07) is 12.1. The summed E-state index contributed by atoms with van der Waals surface area (Å²) in [4.78, 5) is 12.6. The van der Waals surface area contributed by atoms with Gasteiger partial charge in [-0.2, -0.15) is 4.68 Å². The van der Waals surface area contributed by atoms with Gasteiger partial charge < -0.3 is 5.32 Å². The number of rotatable bonds is 5. The highest BCUT2D eigenvalue weighted by molar-refractivity contribution is 8.00. The Hall–Kier alpha value is -2.67. The Morgan fingerprint density at radius 3 is 2.37 bits per heavy atom. The molecule has 0 saturated carbocycles. The van der Waals surface area contributed by atoms with Crippen LogP contribution in [-0.2, 0) is 4.79 Å². The summed E-state index contributed by atoms with van der Waals surface area (Å²) < 4.78 is 1.68. The molecule has 0 spiro atoms. The Kier molecular flexibility index (Phi) is 5.60. The highest BCUT2D eigenvalue weighted by Crippen LogP contribution is 2.26. The molecule has 1 atom stereocenters. The third kappa shape index (κ3) is 4.36. The van der Waals surface area contributed by atoms with Crippen LogP contribution < -0.4 is 5.32 Å². The molecule has 0 unspecified atom stereocenters. The first-order valence-electron chi connectivity index (χ1n) is 8.76. The number of hydrogen-bond acceptors (Lipinski definition) is 5. The molecule has 1 aromatic heterocycles. The number of tetrazole rings is 1. The zero-order valence-electron chi connectivity index (χ0n) is 16.1. The number of aromatic nitrogens is 4. The molecule has 7 heteroatoms. The van der Waals surface area contributed by atoms with E-state index in [2.05, 4.69) is 26.9 Å². The molecule has 0 aliphatic heterocycles. The lowest BCUT2D eigenvalue weighted by atomic mass is 10.1. The van der Waals surface area contributed by atoms with E-state index >= 15 is 0 Å². The predicted octanol–water partition coefficient (Wildman–Crippen LogP) is 4.02. The normalized spacial score (nSPS) is 12.0. The minimum atomic E-state index is -0.346. The van der Waals surface area contributed by atoms with Crippen LogP contribution in [-0.4, -0.2) is 31.4 Å². The number of carbonyl (C=O) groups excluding carboxylic acids is 1. The fourth-order valence-corrected chi connectivity index (χ4v) is 3.65. The molecule has 0 radical (unpaired) electrons. The zero-order valence-corrected chi connectivity index (χ0v) is 17.0. The molecule has 140 valence electrons. The van der Waals surface area contributed by atoms with Crippen molar-refractivity contribution in [3.05, 3.63) is 58.7 Å². The van der Waals surface area contributed by atoms with E-state index in [4.69, 9.17) is 0 Å². The van der Waals surface area contributed by atoms with Crippen LogP contribution in [0, 0.1) is 27.7 Å². The molecule has 1 N–H and O–H groups in total. The second kappa shape index (κ2) is 7.92. The Balaban J connectivity index is 1.76. The Morgan fingerprint density at radius 2 is 1.70 bits per heavy atom. The monoisotopic (exact) mass is 381 g/mol. The maximum Gasteiger partial charge on any atom is 0.237 e. The van der Waals surface area contributed by atoms with Crippen LogP contribution in [0.4, 0.5) is 5.69 Å². The van der Waals surface area contributed by atoms with Gasteiger partial charge in [-0.15, -0.1) is 5.10 Å². The van der Waals surface area contributed by atoms with Crippen molar-refractivity contribution in [1.29, 1.82) is 0 Å². The second-order valence-corrected chi connectivity index (χ2v) is 8.04. The maximum absolute atomic E-state index is 12.6. The average molecular weight is 382 g/mol. The Morgan fingerprint density at radius 1 is 1.04 bits per heavy atom. The number of nitrogens with zero attached hydrogens (tertiary/aromatic N) is 4. The lowest BCUT2D eigenvalue weighted by Crippen LogP contribution is -2.23. The van der Waals surface area contributed by atoms with Gasteiger partial charge in [0.15, 0.2) is 0 Å². The number of anilines is 1. The third-order valence-electron chi connectivity index (χ3n) is 4.31. The first-order chi connectivity index (χ1) is 12.8. The summed E-state index contributed by atoms with van der Waals surface area (Å²) >= 11 is 1.34. The molecule has 0 aliphatic rings. The largest absolute Gasteiger partial charge is 0.325 e. The first-order valence-corrected chi connectivity index (χ1v) is 9.64. The Bertz CT molecular complexity index is 982. The van der Waals surface area contributed by atoms with Crippen molar-refractivity contribution < 1.29 is 4.79 Å². The van der Waals surface area contributed by atoms with Crippen LogP contribution in [0.5, 0.6) is 0 Å². The number of carbonyl (C=O) groups is 1. The second-order valence-electron chi connectivity index (χ2n) is 6.73. The summed E-state index contributed by atoms with van der Waals surface area (Å²) in [5.41, 5.74) is 6.21. The minimum Gasteiger partial charge on any atom is -0.325 e. The molecule has 1 amide bonds. The van der Waals surface area contributed by atoms with E-state index in [-0.39, 0.29) is 11.2 Å². The summed E-state index contributed by atoms with van der Waals surface area (Å²) in [5.74, 6) is -0.0814. The summed E-state index contributed by atoms with van der Waals surface area (Å²) in [5, 5.41) is 15.2. The molecule has 3 aromatic rings. The van der Waals surface area contributed by atoms with Gasteiger partial charge in [-0.3, -0.25) is 4.79 Å². The molecule has 0 saturated heterocycles. The fraction of sp³-hybridized carbons (Fsp3) is 0.300. The van der Waals surface area contributed by atoms with Gasteiger partial charge in [-0.1, -0.05) is 47.2 Å². The molecule has 0 bridgehead atoms. The molecule has 1 heterocycles. The summed E-state index contributed by atoms with van der Waals surface area (Å²) in [7, 11) is 0. The van der Waals surface area contributed by atoms with E-state index in [0.29, 0.717) is 5.16 Å². The van der Waals surface area contributed by atoms with Crippen molar-refractivity contribution in [2.24, 2.45) is 0 Å². The number of amides is 1. The zero-order chi connectivity index (χ0) is 19.6. The van der Waals surface area contributed by atoms with E-state index in [1.54, 1.807) is 4.68 Å². The van der Waals surface area contributed by atoms with E-state index < -0.39 is 0 Å². The molecule has 0 aliphatic carbocycles. The van der Waals surface area contributed by atoms with Crippen molar-refractivity contribution in [3.63, 3.8) is 0 Å². The molecule has 0 fully saturated rings. The molecular weight excluding hydrogens is 358 g/mol. The van der Waals surface area contributed by atoms with Crippen LogP contribution in [0.25, 0.3) is 5.69 Å². The number of benzene rings is 2. The van der Waals surface area contributed by atoms with Gasteiger partial charge >= 0.3 is 0 Å². The SMILES string of the molecule is Cc1ccc(NC(=O)[C@H](C)Sc2nnnn2-c2ccc(C)cc2C)c(C)c1. The van der Waals surface area contributed by atoms with Crippen LogP contribution in [0.2, 0.25) is 0 Å². The van der Waals surface area contributed by atoms with Crippen molar-refractivity contribution in [3.8, 4) is 5.69 Å². The minimum absolute atomic E-state index is 0.0814. The van der Waals surface area contributed by atoms with Gasteiger partial charge in [0.05, 0.1) is 10.9 Å². The lowest BCUT2D eigenvalue weighted by Gasteiger charge is -2.14. The van der Waals surface area contributed by atoms with Gasteiger partial charge in [-0.25, -0.2) is 0 Å². The Labute approximate surface area is 163 Å². The number of hydrogen-bond donors (Lipinski definition) is 1.